The number of aliphatic carboxylic acids is 1. The van der Waals surface area contributed by atoms with Crippen molar-refractivity contribution in [2.45, 2.75) is 0 Å². The van der Waals surface area contributed by atoms with Gasteiger partial charge in [-0.05, 0) is 12.1 Å². The van der Waals surface area contributed by atoms with E-state index in [9.17, 15) is 14.4 Å². The molecule has 2 aromatic rings. The highest BCUT2D eigenvalue weighted by Gasteiger charge is 2.10. The minimum atomic E-state index is -1.20. The van der Waals surface area contributed by atoms with Gasteiger partial charge in [0.1, 0.15) is 0 Å². The van der Waals surface area contributed by atoms with E-state index >= 15 is 0 Å². The molecule has 0 bridgehead atoms. The molecule has 0 aliphatic heterocycles. The average Bonchev–Trinajstić information content (AvgIpc) is 2.73. The number of carboxylic acids is 1. The van der Waals surface area contributed by atoms with Crippen molar-refractivity contribution in [3.05, 3.63) is 40.9 Å². The van der Waals surface area contributed by atoms with E-state index in [-0.39, 0.29) is 0 Å². The Morgan fingerprint density at radius 3 is 2.79 bits per heavy atom. The zero-order valence-corrected chi connectivity index (χ0v) is 9.91. The molecule has 7 heteroatoms. The van der Waals surface area contributed by atoms with Gasteiger partial charge >= 0.3 is 11.7 Å². The van der Waals surface area contributed by atoms with Gasteiger partial charge in [0.05, 0.1) is 5.52 Å². The van der Waals surface area contributed by atoms with Crippen LogP contribution in [-0.4, -0.2) is 29.0 Å². The summed E-state index contributed by atoms with van der Waals surface area (Å²) < 4.78 is 4.88. The van der Waals surface area contributed by atoms with Crippen molar-refractivity contribution < 1.29 is 19.1 Å². The number of carboxylic acid groups (broad SMARTS) is 1. The topological polar surface area (TPSA) is 104 Å². The molecule has 0 saturated heterocycles. The molecule has 1 amide bonds. The van der Waals surface area contributed by atoms with Crippen LogP contribution in [0.15, 0.2) is 39.6 Å². The van der Waals surface area contributed by atoms with Gasteiger partial charge in [0.15, 0.2) is 5.58 Å². The maximum atomic E-state index is 11.7. The number of carbonyl (C=O) groups is 2. The number of likely N-dealkylation sites (N-methyl/N-ethyl adjacent to an activating group) is 1. The van der Waals surface area contributed by atoms with Gasteiger partial charge in [0, 0.05) is 31.0 Å². The standard InChI is InChI=1S/C12H10N2O5/c1-14(10(15)4-5-11(16)17)7-2-3-8-9(6-7)19-12(18)13-8/h2-6H,1H3,(H,13,18)(H,16,17)/b5-4+. The second-order valence-electron chi connectivity index (χ2n) is 3.76. The van der Waals surface area contributed by atoms with Gasteiger partial charge in [-0.1, -0.05) is 0 Å². The number of nitrogens with zero attached hydrogens (tertiary/aromatic N) is 1. The molecule has 2 rings (SSSR count). The zero-order chi connectivity index (χ0) is 14.0. The van der Waals surface area contributed by atoms with Crippen molar-refractivity contribution in [1.29, 1.82) is 0 Å². The van der Waals surface area contributed by atoms with E-state index in [2.05, 4.69) is 4.98 Å². The summed E-state index contributed by atoms with van der Waals surface area (Å²) in [6.45, 7) is 0. The molecular formula is C12H10N2O5. The van der Waals surface area contributed by atoms with Crippen LogP contribution >= 0.6 is 0 Å². The molecule has 2 N–H and O–H groups in total. The molecule has 0 fully saturated rings. The lowest BCUT2D eigenvalue weighted by Gasteiger charge is -2.14. The van der Waals surface area contributed by atoms with Crippen molar-refractivity contribution in [3.8, 4) is 0 Å². The van der Waals surface area contributed by atoms with E-state index < -0.39 is 17.6 Å². The molecule has 0 aliphatic rings. The van der Waals surface area contributed by atoms with E-state index in [1.807, 2.05) is 0 Å². The summed E-state index contributed by atoms with van der Waals surface area (Å²) in [5.41, 5.74) is 1.33. The first-order valence-electron chi connectivity index (χ1n) is 5.29. The summed E-state index contributed by atoms with van der Waals surface area (Å²) in [5.74, 6) is -2.28. The number of H-pyrrole nitrogens is 1. The third kappa shape index (κ3) is 2.71. The number of oxazole rings is 1. The van der Waals surface area contributed by atoms with Gasteiger partial charge in [-0.3, -0.25) is 9.78 Å². The largest absolute Gasteiger partial charge is 0.478 e. The second-order valence-corrected chi connectivity index (χ2v) is 3.76. The smallest absolute Gasteiger partial charge is 0.417 e. The van der Waals surface area contributed by atoms with Crippen LogP contribution in [0.3, 0.4) is 0 Å². The number of carbonyl (C=O) groups excluding carboxylic acids is 1. The summed E-state index contributed by atoms with van der Waals surface area (Å²) in [6, 6.07) is 4.72. The zero-order valence-electron chi connectivity index (χ0n) is 9.91. The van der Waals surface area contributed by atoms with Crippen LogP contribution in [0.25, 0.3) is 11.1 Å². The molecule has 7 nitrogen and oxygen atoms in total. The van der Waals surface area contributed by atoms with Gasteiger partial charge in [-0.15, -0.1) is 0 Å². The number of aromatic nitrogens is 1. The number of rotatable bonds is 3. The molecule has 0 spiro atoms. The summed E-state index contributed by atoms with van der Waals surface area (Å²) in [4.78, 5) is 36.7. The molecule has 0 saturated carbocycles. The van der Waals surface area contributed by atoms with Crippen molar-refractivity contribution in [2.24, 2.45) is 0 Å². The first kappa shape index (κ1) is 12.6. The third-order valence-corrected chi connectivity index (χ3v) is 2.49. The van der Waals surface area contributed by atoms with Gasteiger partial charge < -0.3 is 14.4 Å². The molecular weight excluding hydrogens is 252 g/mol. The fourth-order valence-electron chi connectivity index (χ4n) is 1.52. The first-order valence-corrected chi connectivity index (χ1v) is 5.29. The van der Waals surface area contributed by atoms with Gasteiger partial charge in [-0.25, -0.2) is 9.59 Å². The Balaban J connectivity index is 2.30. The average molecular weight is 262 g/mol. The van der Waals surface area contributed by atoms with E-state index in [4.69, 9.17) is 9.52 Å². The lowest BCUT2D eigenvalue weighted by molar-refractivity contribution is -0.131. The summed E-state index contributed by atoms with van der Waals surface area (Å²) >= 11 is 0. The summed E-state index contributed by atoms with van der Waals surface area (Å²) in [6.07, 6.45) is 1.70. The maximum absolute atomic E-state index is 11.7. The molecule has 0 aliphatic carbocycles. The van der Waals surface area contributed by atoms with E-state index in [1.165, 1.54) is 18.0 Å². The predicted molar refractivity (Wildman–Crippen MR) is 67.0 cm³/mol. The Morgan fingerprint density at radius 1 is 1.37 bits per heavy atom. The normalized spacial score (nSPS) is 11.0. The highest BCUT2D eigenvalue weighted by Crippen LogP contribution is 2.19. The minimum Gasteiger partial charge on any atom is -0.478 e. The Labute approximate surface area is 106 Å². The molecule has 1 aromatic heterocycles. The van der Waals surface area contributed by atoms with E-state index in [0.29, 0.717) is 16.8 Å². The molecule has 0 atom stereocenters. The van der Waals surface area contributed by atoms with Crippen LogP contribution in [-0.2, 0) is 9.59 Å². The lowest BCUT2D eigenvalue weighted by Crippen LogP contribution is -2.24. The summed E-state index contributed by atoms with van der Waals surface area (Å²) in [7, 11) is 1.49. The molecule has 0 radical (unpaired) electrons. The van der Waals surface area contributed by atoms with Crippen molar-refractivity contribution in [3.63, 3.8) is 0 Å². The van der Waals surface area contributed by atoms with Crippen LogP contribution < -0.4 is 10.7 Å². The monoisotopic (exact) mass is 262 g/mol. The number of anilines is 1. The van der Waals surface area contributed by atoms with Gasteiger partial charge in [-0.2, -0.15) is 0 Å². The van der Waals surface area contributed by atoms with Gasteiger partial charge in [0.25, 0.3) is 5.91 Å². The molecule has 0 unspecified atom stereocenters. The number of nitrogens with one attached hydrogen (secondary N) is 1. The third-order valence-electron chi connectivity index (χ3n) is 2.49. The van der Waals surface area contributed by atoms with E-state index in [1.54, 1.807) is 12.1 Å². The van der Waals surface area contributed by atoms with Crippen molar-refractivity contribution in [2.75, 3.05) is 11.9 Å². The van der Waals surface area contributed by atoms with Crippen molar-refractivity contribution >= 4 is 28.7 Å². The number of aromatic amines is 1. The Kier molecular flexibility index (Phi) is 3.19. The van der Waals surface area contributed by atoms with Crippen LogP contribution in [0, 0.1) is 0 Å². The van der Waals surface area contributed by atoms with Crippen LogP contribution in [0.5, 0.6) is 0 Å². The maximum Gasteiger partial charge on any atom is 0.417 e. The van der Waals surface area contributed by atoms with Crippen LogP contribution in [0.1, 0.15) is 0 Å². The molecule has 98 valence electrons. The summed E-state index contributed by atoms with van der Waals surface area (Å²) in [5, 5.41) is 8.45. The van der Waals surface area contributed by atoms with Crippen LogP contribution in [0.2, 0.25) is 0 Å². The highest BCUT2D eigenvalue weighted by molar-refractivity contribution is 6.04. The Morgan fingerprint density at radius 2 is 2.11 bits per heavy atom. The first-order chi connectivity index (χ1) is 8.97. The lowest BCUT2D eigenvalue weighted by atomic mass is 10.2. The fourth-order valence-corrected chi connectivity index (χ4v) is 1.52. The van der Waals surface area contributed by atoms with E-state index in [0.717, 1.165) is 12.2 Å². The Bertz CT molecular complexity index is 725. The number of fused-ring (bicyclic) bond motifs is 1. The molecule has 1 heterocycles. The van der Waals surface area contributed by atoms with Crippen LogP contribution in [0.4, 0.5) is 5.69 Å². The quantitative estimate of drug-likeness (QED) is 0.793. The van der Waals surface area contributed by atoms with Gasteiger partial charge in [0.2, 0.25) is 0 Å². The number of hydrogen-bond donors (Lipinski definition) is 2. The minimum absolute atomic E-state index is 0.323. The highest BCUT2D eigenvalue weighted by atomic mass is 16.4. The Hall–Kier alpha value is -2.83. The molecule has 19 heavy (non-hydrogen) atoms. The predicted octanol–water partition coefficient (Wildman–Crippen LogP) is 0.725. The number of hydrogen-bond acceptors (Lipinski definition) is 4. The second kappa shape index (κ2) is 4.81. The molecule has 1 aromatic carbocycles. The van der Waals surface area contributed by atoms with Crippen molar-refractivity contribution in [1.82, 2.24) is 4.98 Å². The number of amides is 1. The SMILES string of the molecule is CN(C(=O)/C=C/C(=O)O)c1ccc2[nH]c(=O)oc2c1. The fraction of sp³-hybridized carbons (Fsp3) is 0.0833. The number of benzene rings is 1.